The van der Waals surface area contributed by atoms with Gasteiger partial charge < -0.3 is 4.74 Å². The first-order valence-corrected chi connectivity index (χ1v) is 9.94. The minimum Gasteiger partial charge on any atom is -0.484 e. The van der Waals surface area contributed by atoms with Gasteiger partial charge in [0.05, 0.1) is 5.75 Å². The highest BCUT2D eigenvalue weighted by atomic mass is 79.9. The third kappa shape index (κ3) is 5.83. The minimum absolute atomic E-state index is 0.0688. The summed E-state index contributed by atoms with van der Waals surface area (Å²) in [7, 11) is 0. The molecule has 0 saturated carbocycles. The van der Waals surface area contributed by atoms with Crippen LogP contribution < -0.4 is 15.6 Å². The molecule has 0 spiro atoms. The van der Waals surface area contributed by atoms with Gasteiger partial charge in [0.2, 0.25) is 5.91 Å². The quantitative estimate of drug-likeness (QED) is 0.413. The summed E-state index contributed by atoms with van der Waals surface area (Å²) < 4.78 is 8.02. The number of benzene rings is 2. The molecule has 144 valence electrons. The first kappa shape index (κ1) is 19.9. The zero-order valence-corrected chi connectivity index (χ0v) is 16.9. The van der Waals surface area contributed by atoms with Crippen molar-refractivity contribution in [3.63, 3.8) is 0 Å². The Bertz CT molecular complexity index is 934. The van der Waals surface area contributed by atoms with Gasteiger partial charge in [-0.25, -0.2) is 0 Å². The van der Waals surface area contributed by atoms with E-state index in [1.54, 1.807) is 35.2 Å². The molecule has 2 amide bonds. The highest BCUT2D eigenvalue weighted by Gasteiger charge is 2.11. The molecular weight excluding hydrogens is 446 g/mol. The summed E-state index contributed by atoms with van der Waals surface area (Å²) in [5.41, 5.74) is 5.55. The van der Waals surface area contributed by atoms with E-state index >= 15 is 0 Å². The van der Waals surface area contributed by atoms with E-state index in [0.29, 0.717) is 10.9 Å². The molecule has 0 unspecified atom stereocenters. The van der Waals surface area contributed by atoms with Crippen LogP contribution in [0.1, 0.15) is 0 Å². The number of ether oxygens (including phenoxy) is 1. The molecule has 3 aromatic rings. The fourth-order valence-corrected chi connectivity index (χ4v) is 3.10. The van der Waals surface area contributed by atoms with Gasteiger partial charge in [0.25, 0.3) is 5.91 Å². The lowest BCUT2D eigenvalue weighted by molar-refractivity contribution is -0.128. The van der Waals surface area contributed by atoms with Crippen molar-refractivity contribution in [2.75, 3.05) is 12.4 Å². The number of nitrogens with one attached hydrogen (secondary N) is 2. The molecule has 0 aliphatic rings. The first-order chi connectivity index (χ1) is 13.6. The lowest BCUT2D eigenvalue weighted by atomic mass is 10.3. The van der Waals surface area contributed by atoms with E-state index in [2.05, 4.69) is 37.0 Å². The van der Waals surface area contributed by atoms with E-state index in [-0.39, 0.29) is 18.3 Å². The van der Waals surface area contributed by atoms with Crippen LogP contribution in [0.2, 0.25) is 0 Å². The van der Waals surface area contributed by atoms with Crippen LogP contribution in [-0.2, 0) is 9.59 Å². The maximum Gasteiger partial charge on any atom is 0.276 e. The Labute approximate surface area is 173 Å². The lowest BCUT2D eigenvalue weighted by Crippen LogP contribution is -2.44. The zero-order valence-electron chi connectivity index (χ0n) is 14.5. The van der Waals surface area contributed by atoms with Crippen molar-refractivity contribution < 1.29 is 14.3 Å². The molecule has 10 heteroatoms. The molecule has 3 rings (SSSR count). The average Bonchev–Trinajstić information content (AvgIpc) is 3.19. The number of thioether (sulfide) groups is 1. The second-order valence-corrected chi connectivity index (χ2v) is 7.30. The number of hydrazine groups is 1. The molecule has 0 saturated heterocycles. The van der Waals surface area contributed by atoms with E-state index < -0.39 is 5.91 Å². The number of nitrogens with zero attached hydrogens (tertiary/aromatic N) is 3. The molecular formula is C18H16BrN5O3S. The Hall–Kier alpha value is -2.85. The number of para-hydroxylation sites is 1. The number of aromatic nitrogens is 3. The van der Waals surface area contributed by atoms with Crippen molar-refractivity contribution in [3.05, 3.63) is 65.4 Å². The number of halogens is 1. The number of rotatable bonds is 7. The molecule has 2 N–H and O–H groups in total. The van der Waals surface area contributed by atoms with Gasteiger partial charge in [-0.15, -0.1) is 10.2 Å². The van der Waals surface area contributed by atoms with Crippen LogP contribution in [0.25, 0.3) is 5.69 Å². The van der Waals surface area contributed by atoms with E-state index in [1.165, 1.54) is 11.8 Å². The highest BCUT2D eigenvalue weighted by molar-refractivity contribution is 9.10. The summed E-state index contributed by atoms with van der Waals surface area (Å²) >= 11 is 4.53. The molecule has 0 fully saturated rings. The van der Waals surface area contributed by atoms with Crippen molar-refractivity contribution >= 4 is 39.5 Å². The average molecular weight is 462 g/mol. The Morgan fingerprint density at radius 2 is 1.75 bits per heavy atom. The molecule has 8 nitrogen and oxygen atoms in total. The van der Waals surface area contributed by atoms with Gasteiger partial charge in [0.15, 0.2) is 11.8 Å². The van der Waals surface area contributed by atoms with Crippen molar-refractivity contribution in [1.29, 1.82) is 0 Å². The molecule has 1 heterocycles. The summed E-state index contributed by atoms with van der Waals surface area (Å²) in [4.78, 5) is 23.7. The molecule has 0 atom stereocenters. The predicted molar refractivity (Wildman–Crippen MR) is 108 cm³/mol. The Balaban J connectivity index is 1.41. The van der Waals surface area contributed by atoms with Crippen molar-refractivity contribution in [2.24, 2.45) is 0 Å². The molecule has 0 bridgehead atoms. The second kappa shape index (κ2) is 9.90. The maximum absolute atomic E-state index is 12.0. The third-order valence-corrected chi connectivity index (χ3v) is 4.88. The van der Waals surface area contributed by atoms with Crippen molar-refractivity contribution in [3.8, 4) is 11.4 Å². The lowest BCUT2D eigenvalue weighted by Gasteiger charge is -2.09. The second-order valence-electron chi connectivity index (χ2n) is 5.45. The summed E-state index contributed by atoms with van der Waals surface area (Å²) in [5, 5.41) is 8.47. The molecule has 0 aliphatic heterocycles. The normalized spacial score (nSPS) is 10.3. The Morgan fingerprint density at radius 3 is 2.50 bits per heavy atom. The van der Waals surface area contributed by atoms with Crippen LogP contribution in [-0.4, -0.2) is 38.9 Å². The van der Waals surface area contributed by atoms with Gasteiger partial charge in [-0.1, -0.05) is 45.9 Å². The third-order valence-electron chi connectivity index (χ3n) is 3.41. The van der Waals surface area contributed by atoms with Crippen molar-refractivity contribution in [2.45, 2.75) is 5.16 Å². The van der Waals surface area contributed by atoms with E-state index in [4.69, 9.17) is 4.74 Å². The van der Waals surface area contributed by atoms with Crippen LogP contribution >= 0.6 is 27.7 Å². The van der Waals surface area contributed by atoms with Gasteiger partial charge in [0.1, 0.15) is 12.1 Å². The number of amides is 2. The Morgan fingerprint density at radius 1 is 1.04 bits per heavy atom. The largest absolute Gasteiger partial charge is 0.484 e. The molecule has 0 aliphatic carbocycles. The summed E-state index contributed by atoms with van der Waals surface area (Å²) in [6, 6.07) is 16.6. The SMILES string of the molecule is O=C(COc1ccc(Br)cc1)NNC(=O)CSc1nncn1-c1ccccc1. The zero-order chi connectivity index (χ0) is 19.8. The van der Waals surface area contributed by atoms with Crippen LogP contribution in [0.15, 0.2) is 70.6 Å². The smallest absolute Gasteiger partial charge is 0.276 e. The summed E-state index contributed by atoms with van der Waals surface area (Å²) in [6.45, 7) is -0.211. The van der Waals surface area contributed by atoms with E-state index in [1.807, 2.05) is 30.3 Å². The van der Waals surface area contributed by atoms with Crippen LogP contribution in [0.4, 0.5) is 0 Å². The van der Waals surface area contributed by atoms with Gasteiger partial charge in [0, 0.05) is 10.2 Å². The van der Waals surface area contributed by atoms with Gasteiger partial charge in [-0.3, -0.25) is 25.0 Å². The summed E-state index contributed by atoms with van der Waals surface area (Å²) in [6.07, 6.45) is 1.58. The van der Waals surface area contributed by atoms with Crippen molar-refractivity contribution in [1.82, 2.24) is 25.6 Å². The summed E-state index contributed by atoms with van der Waals surface area (Å²) in [5.74, 6) is -0.210. The molecule has 2 aromatic carbocycles. The number of hydrogen-bond acceptors (Lipinski definition) is 6. The van der Waals surface area contributed by atoms with Gasteiger partial charge in [-0.2, -0.15) is 0 Å². The van der Waals surface area contributed by atoms with Gasteiger partial charge in [-0.05, 0) is 36.4 Å². The topological polar surface area (TPSA) is 98.1 Å². The van der Waals surface area contributed by atoms with E-state index in [9.17, 15) is 9.59 Å². The van der Waals surface area contributed by atoms with E-state index in [0.717, 1.165) is 10.2 Å². The molecule has 1 aromatic heterocycles. The van der Waals surface area contributed by atoms with Gasteiger partial charge >= 0.3 is 0 Å². The highest BCUT2D eigenvalue weighted by Crippen LogP contribution is 2.19. The Kier molecular flexibility index (Phi) is 7.04. The predicted octanol–water partition coefficient (Wildman–Crippen LogP) is 2.35. The molecule has 0 radical (unpaired) electrons. The van der Waals surface area contributed by atoms with Crippen LogP contribution in [0.3, 0.4) is 0 Å². The molecule has 28 heavy (non-hydrogen) atoms. The fraction of sp³-hybridized carbons (Fsp3) is 0.111. The van der Waals surface area contributed by atoms with Crippen LogP contribution in [0, 0.1) is 0 Å². The number of hydrogen-bond donors (Lipinski definition) is 2. The standard InChI is InChI=1S/C18H16BrN5O3S/c19-13-6-8-15(9-7-13)27-10-16(25)21-22-17(26)11-28-18-23-20-12-24(18)14-4-2-1-3-5-14/h1-9,12H,10-11H2,(H,21,25)(H,22,26). The van der Waals surface area contributed by atoms with Crippen LogP contribution in [0.5, 0.6) is 5.75 Å². The minimum atomic E-state index is -0.464. The fourth-order valence-electron chi connectivity index (χ4n) is 2.11. The monoisotopic (exact) mass is 461 g/mol. The number of carbonyl (C=O) groups is 2. The maximum atomic E-state index is 12.0. The number of carbonyl (C=O) groups excluding carboxylic acids is 2. The first-order valence-electron chi connectivity index (χ1n) is 8.16.